The molecule has 1 aliphatic heterocycles. The summed E-state index contributed by atoms with van der Waals surface area (Å²) < 4.78 is 18.4. The molecule has 0 bridgehead atoms. The van der Waals surface area contributed by atoms with Gasteiger partial charge in [0.2, 0.25) is 5.76 Å². The van der Waals surface area contributed by atoms with E-state index >= 15 is 0 Å². The lowest BCUT2D eigenvalue weighted by Crippen LogP contribution is -2.37. The number of rotatable bonds is 11. The smallest absolute Gasteiger partial charge is 0.290 e. The van der Waals surface area contributed by atoms with Gasteiger partial charge in [0.05, 0.1) is 30.7 Å². The van der Waals surface area contributed by atoms with Gasteiger partial charge in [0, 0.05) is 17.6 Å². The number of halogens is 1. The van der Waals surface area contributed by atoms with Gasteiger partial charge in [0.1, 0.15) is 5.58 Å². The molecule has 1 amide bonds. The molecule has 1 aliphatic rings. The van der Waals surface area contributed by atoms with Crippen LogP contribution in [0, 0.1) is 0 Å². The summed E-state index contributed by atoms with van der Waals surface area (Å²) in [5.74, 6) is 1.05. The number of benzene rings is 2. The van der Waals surface area contributed by atoms with Gasteiger partial charge in [0.15, 0.2) is 16.9 Å². The number of ether oxygens (including phenoxy) is 2. The van der Waals surface area contributed by atoms with E-state index < -0.39 is 6.04 Å². The van der Waals surface area contributed by atoms with Gasteiger partial charge in [-0.1, -0.05) is 49.2 Å². The van der Waals surface area contributed by atoms with E-state index in [-0.39, 0.29) is 17.1 Å². The normalized spacial score (nSPS) is 15.1. The average Bonchev–Trinajstić information content (AvgIpc) is 3.17. The molecule has 3 aromatic rings. The molecule has 36 heavy (non-hydrogen) atoms. The second-order valence-corrected chi connectivity index (χ2v) is 9.77. The molecule has 2 heterocycles. The Morgan fingerprint density at radius 2 is 1.83 bits per heavy atom. The summed E-state index contributed by atoms with van der Waals surface area (Å²) in [5, 5.41) is 0.443. The predicted octanol–water partition coefficient (Wildman–Crippen LogP) is 5.63. The molecule has 192 valence electrons. The van der Waals surface area contributed by atoms with Crippen LogP contribution in [-0.2, 0) is 0 Å². The highest BCUT2D eigenvalue weighted by atomic mass is 79.9. The van der Waals surface area contributed by atoms with Crippen molar-refractivity contribution in [3.63, 3.8) is 0 Å². The van der Waals surface area contributed by atoms with Crippen LogP contribution in [0.3, 0.4) is 0 Å². The zero-order valence-corrected chi connectivity index (χ0v) is 22.9. The number of carbonyl (C=O) groups excluding carboxylic acids is 1. The lowest BCUT2D eigenvalue weighted by atomic mass is 9.98. The molecule has 1 unspecified atom stereocenters. The molecule has 1 atom stereocenters. The van der Waals surface area contributed by atoms with Gasteiger partial charge in [0.25, 0.3) is 5.91 Å². The number of hydrogen-bond acceptors (Lipinski definition) is 6. The minimum atomic E-state index is -0.582. The van der Waals surface area contributed by atoms with Crippen molar-refractivity contribution in [1.29, 1.82) is 0 Å². The van der Waals surface area contributed by atoms with E-state index in [0.717, 1.165) is 36.0 Å². The first-order valence-corrected chi connectivity index (χ1v) is 13.3. The van der Waals surface area contributed by atoms with E-state index in [1.165, 1.54) is 0 Å². The molecule has 0 spiro atoms. The summed E-state index contributed by atoms with van der Waals surface area (Å²) in [7, 11) is 1.59. The van der Waals surface area contributed by atoms with Crippen LogP contribution in [0.1, 0.15) is 61.3 Å². The van der Waals surface area contributed by atoms with Crippen LogP contribution in [-0.4, -0.2) is 55.6 Å². The maximum atomic E-state index is 13.8. The first-order chi connectivity index (χ1) is 17.4. The number of fused-ring (bicyclic) bond motifs is 2. The summed E-state index contributed by atoms with van der Waals surface area (Å²) in [6, 6.07) is 10.3. The van der Waals surface area contributed by atoms with Gasteiger partial charge in [-0.3, -0.25) is 9.59 Å². The highest BCUT2D eigenvalue weighted by Gasteiger charge is 2.43. The van der Waals surface area contributed by atoms with Crippen LogP contribution in [0.2, 0.25) is 0 Å². The quantitative estimate of drug-likeness (QED) is 0.285. The number of amides is 1. The molecule has 0 fully saturated rings. The largest absolute Gasteiger partial charge is 0.493 e. The van der Waals surface area contributed by atoms with Gasteiger partial charge >= 0.3 is 0 Å². The Labute approximate surface area is 220 Å². The molecule has 8 heteroatoms. The maximum absolute atomic E-state index is 13.8. The summed E-state index contributed by atoms with van der Waals surface area (Å²) in [6.07, 6.45) is 1.97. The van der Waals surface area contributed by atoms with E-state index in [2.05, 4.69) is 41.6 Å². The summed E-state index contributed by atoms with van der Waals surface area (Å²) >= 11 is 3.45. The summed E-state index contributed by atoms with van der Waals surface area (Å²) in [6.45, 7) is 9.81. The van der Waals surface area contributed by atoms with Gasteiger partial charge in [-0.25, -0.2) is 0 Å². The van der Waals surface area contributed by atoms with Crippen molar-refractivity contribution in [2.24, 2.45) is 0 Å². The first-order valence-electron chi connectivity index (χ1n) is 12.5. The molecule has 1 aromatic heterocycles. The monoisotopic (exact) mass is 556 g/mol. The first kappa shape index (κ1) is 26.2. The summed E-state index contributed by atoms with van der Waals surface area (Å²) in [4.78, 5) is 31.4. The Hall–Kier alpha value is -2.84. The van der Waals surface area contributed by atoms with Crippen molar-refractivity contribution in [3.8, 4) is 11.5 Å². The third-order valence-corrected chi connectivity index (χ3v) is 7.23. The van der Waals surface area contributed by atoms with Crippen molar-refractivity contribution in [2.45, 2.75) is 39.7 Å². The summed E-state index contributed by atoms with van der Waals surface area (Å²) in [5.41, 5.74) is 1.35. The molecular formula is C28H33BrN2O5. The molecule has 0 saturated carbocycles. The molecule has 0 N–H and O–H groups in total. The molecule has 0 aliphatic carbocycles. The Balaban J connectivity index is 1.83. The second kappa shape index (κ2) is 11.5. The Bertz CT molecular complexity index is 1300. The fourth-order valence-corrected chi connectivity index (χ4v) is 5.02. The molecule has 7 nitrogen and oxygen atoms in total. The fraction of sp³-hybridized carbons (Fsp3) is 0.429. The molecule has 0 saturated heterocycles. The number of carbonyl (C=O) groups is 1. The van der Waals surface area contributed by atoms with Gasteiger partial charge < -0.3 is 23.7 Å². The maximum Gasteiger partial charge on any atom is 0.290 e. The molecule has 2 aromatic carbocycles. The standard InChI is InChI=1S/C28H33BrN2O5/c1-5-8-15-35-22-11-9-18(16-23(22)34-4)25-24-26(32)20-17-19(29)10-12-21(20)36-27(24)28(33)31(25)14-13-30(6-2)7-3/h9-12,16-17,25H,5-8,13-15H2,1-4H3. The van der Waals surface area contributed by atoms with Crippen LogP contribution in [0.5, 0.6) is 11.5 Å². The molecular weight excluding hydrogens is 524 g/mol. The third-order valence-electron chi connectivity index (χ3n) is 6.74. The highest BCUT2D eigenvalue weighted by molar-refractivity contribution is 9.10. The number of hydrogen-bond donors (Lipinski definition) is 0. The topological polar surface area (TPSA) is 72.2 Å². The SMILES string of the molecule is CCCCOc1ccc(C2c3c(oc4ccc(Br)cc4c3=O)C(=O)N2CCN(CC)CC)cc1OC. The van der Waals surface area contributed by atoms with Crippen LogP contribution in [0.25, 0.3) is 11.0 Å². The molecule has 0 radical (unpaired) electrons. The van der Waals surface area contributed by atoms with E-state index in [4.69, 9.17) is 13.9 Å². The van der Waals surface area contributed by atoms with Crippen molar-refractivity contribution >= 4 is 32.8 Å². The average molecular weight is 557 g/mol. The van der Waals surface area contributed by atoms with Crippen LogP contribution in [0.4, 0.5) is 0 Å². The van der Waals surface area contributed by atoms with Crippen molar-refractivity contribution in [1.82, 2.24) is 9.80 Å². The number of nitrogens with zero attached hydrogens (tertiary/aromatic N) is 2. The van der Waals surface area contributed by atoms with Gasteiger partial charge in [-0.05, 0) is 55.4 Å². The van der Waals surface area contributed by atoms with Gasteiger partial charge in [-0.15, -0.1) is 0 Å². The van der Waals surface area contributed by atoms with Crippen molar-refractivity contribution in [2.75, 3.05) is 39.9 Å². The number of methoxy groups -OCH3 is 1. The second-order valence-electron chi connectivity index (χ2n) is 8.85. The zero-order chi connectivity index (χ0) is 25.8. The number of unbranched alkanes of at least 4 members (excludes halogenated alkanes) is 1. The lowest BCUT2D eigenvalue weighted by molar-refractivity contribution is 0.0708. The van der Waals surface area contributed by atoms with Crippen LogP contribution < -0.4 is 14.9 Å². The lowest BCUT2D eigenvalue weighted by Gasteiger charge is -2.28. The Morgan fingerprint density at radius 3 is 2.53 bits per heavy atom. The fourth-order valence-electron chi connectivity index (χ4n) is 4.66. The predicted molar refractivity (Wildman–Crippen MR) is 144 cm³/mol. The van der Waals surface area contributed by atoms with Crippen LogP contribution >= 0.6 is 15.9 Å². The van der Waals surface area contributed by atoms with E-state index in [9.17, 15) is 9.59 Å². The van der Waals surface area contributed by atoms with E-state index in [1.807, 2.05) is 18.2 Å². The van der Waals surface area contributed by atoms with Gasteiger partial charge in [-0.2, -0.15) is 0 Å². The van der Waals surface area contributed by atoms with E-state index in [0.29, 0.717) is 47.7 Å². The Morgan fingerprint density at radius 1 is 1.06 bits per heavy atom. The zero-order valence-electron chi connectivity index (χ0n) is 21.3. The minimum Gasteiger partial charge on any atom is -0.493 e. The third kappa shape index (κ3) is 5.02. The number of likely N-dealkylation sites (N-methyl/N-ethyl adjacent to an activating group) is 1. The highest BCUT2D eigenvalue weighted by Crippen LogP contribution is 2.41. The molecule has 4 rings (SSSR count). The van der Waals surface area contributed by atoms with E-state index in [1.54, 1.807) is 30.2 Å². The minimum absolute atomic E-state index is 0.113. The Kier molecular flexibility index (Phi) is 8.36. The van der Waals surface area contributed by atoms with Crippen LogP contribution in [0.15, 0.2) is 50.1 Å². The van der Waals surface area contributed by atoms with Crippen molar-refractivity contribution < 1.29 is 18.7 Å². The van der Waals surface area contributed by atoms with Crippen molar-refractivity contribution in [3.05, 3.63) is 68.0 Å².